The lowest BCUT2D eigenvalue weighted by Gasteiger charge is -2.46. The average Bonchev–Trinajstić information content (AvgIpc) is 0.790. The van der Waals surface area contributed by atoms with E-state index in [4.69, 9.17) is 18.9 Å². The number of aliphatic hydroxyl groups excluding tert-OH is 8. The lowest BCUT2D eigenvalue weighted by atomic mass is 9.97. The summed E-state index contributed by atoms with van der Waals surface area (Å²) in [6.07, 6.45) is 86.2. The number of carbonyl (C=O) groups excluding carboxylic acids is 1. The van der Waals surface area contributed by atoms with E-state index < -0.39 is 86.8 Å². The van der Waals surface area contributed by atoms with Crippen LogP contribution in [-0.4, -0.2) is 140 Å². The van der Waals surface area contributed by atoms with E-state index in [0.717, 1.165) is 32.1 Å². The molecule has 2 saturated heterocycles. The highest BCUT2D eigenvalue weighted by Gasteiger charge is 2.51. The third-order valence-electron chi connectivity index (χ3n) is 23.4. The Kier molecular flexibility index (Phi) is 73.1. The van der Waals surface area contributed by atoms with Crippen LogP contribution >= 0.6 is 0 Å². The van der Waals surface area contributed by atoms with E-state index in [0.29, 0.717) is 12.8 Å². The molecule has 2 fully saturated rings. The first-order valence-electron chi connectivity index (χ1n) is 47.1. The Bertz CT molecular complexity index is 1890. The number of unbranched alkanes of at least 4 members (excludes halogenated alkanes) is 67. The molecule has 107 heavy (non-hydrogen) atoms. The molecule has 0 saturated carbocycles. The summed E-state index contributed by atoms with van der Waals surface area (Å²) >= 11 is 0. The van der Waals surface area contributed by atoms with E-state index in [2.05, 4.69) is 31.3 Å². The normalized spacial score (nSPS) is 21.2. The number of nitrogens with one attached hydrogen (secondary N) is 1. The monoisotopic (exact) mass is 1520 g/mol. The summed E-state index contributed by atoms with van der Waals surface area (Å²) in [6.45, 7) is 2.87. The van der Waals surface area contributed by atoms with Crippen molar-refractivity contribution in [2.75, 3.05) is 19.8 Å². The molecule has 2 aliphatic heterocycles. The van der Waals surface area contributed by atoms with Gasteiger partial charge in [0, 0.05) is 6.42 Å². The van der Waals surface area contributed by atoms with Crippen LogP contribution in [0, 0.1) is 0 Å². The highest BCUT2D eigenvalue weighted by Crippen LogP contribution is 2.31. The van der Waals surface area contributed by atoms with Gasteiger partial charge in [-0.25, -0.2) is 0 Å². The molecule has 0 radical (unpaired) electrons. The number of rotatable bonds is 82. The molecule has 12 atom stereocenters. The average molecular weight is 1520 g/mol. The van der Waals surface area contributed by atoms with Gasteiger partial charge >= 0.3 is 0 Å². The number of carbonyl (C=O) groups is 1. The Morgan fingerprint density at radius 2 is 0.598 bits per heavy atom. The Balaban J connectivity index is 1.54. The summed E-state index contributed by atoms with van der Waals surface area (Å²) in [5, 5.41) is 87.9. The number of hydrogen-bond acceptors (Lipinski definition) is 13. The van der Waals surface area contributed by atoms with Crippen LogP contribution in [0.15, 0.2) is 24.3 Å². The van der Waals surface area contributed by atoms with Crippen molar-refractivity contribution in [1.82, 2.24) is 5.32 Å². The summed E-state index contributed by atoms with van der Waals surface area (Å²) < 4.78 is 23.0. The molecule has 0 aliphatic carbocycles. The van der Waals surface area contributed by atoms with Crippen molar-refractivity contribution in [1.29, 1.82) is 0 Å². The number of aliphatic hydroxyl groups is 8. The van der Waals surface area contributed by atoms with Crippen molar-refractivity contribution in [3.63, 3.8) is 0 Å². The summed E-state index contributed by atoms with van der Waals surface area (Å²) in [7, 11) is 0. The standard InChI is InChI=1S/C93H179NO13/c1-3-5-7-9-11-13-15-17-19-21-23-25-27-29-31-33-35-37-38-39-40-41-42-43-44-45-47-49-51-53-55-57-59-61-63-65-67-69-71-73-75-77-85(98)94-81(80-104-92-90(103)88(101)91(84(79-96)106-92)107-93-89(102)87(100)86(99)83(78-95)105-93)82(97)76-74-72-70-68-66-64-62-60-58-56-54-52-50-48-46-36-34-32-30-28-26-24-22-20-18-16-14-12-10-8-6-4-2/h66,68,74,76,81-84,86-93,95-97,99-103H,3-65,67,69-73,75,77-80H2,1-2H3,(H,94,98)/b68-66+,76-74+. The molecule has 634 valence electrons. The zero-order chi connectivity index (χ0) is 77.2. The fourth-order valence-corrected chi connectivity index (χ4v) is 16.0. The van der Waals surface area contributed by atoms with Gasteiger partial charge in [0.05, 0.1) is 32.0 Å². The number of hydrogen-bond donors (Lipinski definition) is 9. The van der Waals surface area contributed by atoms with Crippen molar-refractivity contribution in [2.45, 2.75) is 543 Å². The quantitative estimate of drug-likeness (QED) is 0.0204. The molecule has 0 aromatic rings. The Labute approximate surface area is 659 Å². The SMILES string of the molecule is CCCCCCCCCCCCCCCCCCCCCCCCCCCC/C=C/CC/C=C/C(O)C(COC1OC(CO)C(OC2OC(CO)C(O)C(O)C2O)C(O)C1O)NC(=O)CCCCCCCCCCCCCCCCCCCCCCCCCCCCCCCCCCCCCCCCCCC. The minimum atomic E-state index is -1.79. The summed E-state index contributed by atoms with van der Waals surface area (Å²) in [5.41, 5.74) is 0. The van der Waals surface area contributed by atoms with Crippen LogP contribution < -0.4 is 5.32 Å². The van der Waals surface area contributed by atoms with Gasteiger partial charge in [0.15, 0.2) is 12.6 Å². The highest BCUT2D eigenvalue weighted by molar-refractivity contribution is 5.76. The Morgan fingerprint density at radius 3 is 0.916 bits per heavy atom. The van der Waals surface area contributed by atoms with Crippen molar-refractivity contribution in [2.24, 2.45) is 0 Å². The molecule has 0 aromatic heterocycles. The molecule has 1 amide bonds. The number of amides is 1. The minimum Gasteiger partial charge on any atom is -0.394 e. The van der Waals surface area contributed by atoms with E-state index in [-0.39, 0.29) is 18.9 Å². The van der Waals surface area contributed by atoms with Gasteiger partial charge in [-0.3, -0.25) is 4.79 Å². The first-order valence-corrected chi connectivity index (χ1v) is 47.1. The third kappa shape index (κ3) is 58.9. The predicted octanol–water partition coefficient (Wildman–Crippen LogP) is 23.3. The fourth-order valence-electron chi connectivity index (χ4n) is 16.0. The zero-order valence-corrected chi connectivity index (χ0v) is 70.2. The molecule has 14 nitrogen and oxygen atoms in total. The first kappa shape index (κ1) is 102. The van der Waals surface area contributed by atoms with Crippen molar-refractivity contribution < 1.29 is 64.6 Å². The van der Waals surface area contributed by atoms with Gasteiger partial charge in [-0.15, -0.1) is 0 Å². The highest BCUT2D eigenvalue weighted by atomic mass is 16.7. The van der Waals surface area contributed by atoms with Crippen LogP contribution in [0.2, 0.25) is 0 Å². The largest absolute Gasteiger partial charge is 0.394 e. The molecule has 2 aliphatic rings. The van der Waals surface area contributed by atoms with Crippen LogP contribution in [0.5, 0.6) is 0 Å². The van der Waals surface area contributed by atoms with Crippen LogP contribution in [0.3, 0.4) is 0 Å². The maximum Gasteiger partial charge on any atom is 0.220 e. The van der Waals surface area contributed by atoms with E-state index in [1.165, 1.54) is 405 Å². The van der Waals surface area contributed by atoms with E-state index in [1.807, 2.05) is 6.08 Å². The Hall–Kier alpha value is -1.53. The summed E-state index contributed by atoms with van der Waals surface area (Å²) in [5.74, 6) is -0.238. The lowest BCUT2D eigenvalue weighted by molar-refractivity contribution is -0.359. The molecule has 2 heterocycles. The van der Waals surface area contributed by atoms with Gasteiger partial charge < -0.3 is 65.1 Å². The number of ether oxygens (including phenoxy) is 4. The first-order chi connectivity index (χ1) is 52.6. The van der Waals surface area contributed by atoms with Gasteiger partial charge in [-0.2, -0.15) is 0 Å². The summed E-state index contributed by atoms with van der Waals surface area (Å²) in [6, 6.07) is -0.932. The van der Waals surface area contributed by atoms with Gasteiger partial charge in [-0.1, -0.05) is 456 Å². The van der Waals surface area contributed by atoms with E-state index in [1.54, 1.807) is 6.08 Å². The molecule has 0 bridgehead atoms. The smallest absolute Gasteiger partial charge is 0.220 e. The van der Waals surface area contributed by atoms with Gasteiger partial charge in [0.1, 0.15) is 48.8 Å². The summed E-state index contributed by atoms with van der Waals surface area (Å²) in [4.78, 5) is 13.4. The molecule has 12 unspecified atom stereocenters. The molecular formula is C93H179NO13. The Morgan fingerprint density at radius 1 is 0.327 bits per heavy atom. The second-order valence-electron chi connectivity index (χ2n) is 33.5. The van der Waals surface area contributed by atoms with Crippen LogP contribution in [0.1, 0.15) is 470 Å². The molecular weight excluding hydrogens is 1340 g/mol. The molecule has 14 heteroatoms. The lowest BCUT2D eigenvalue weighted by Crippen LogP contribution is -2.65. The van der Waals surface area contributed by atoms with Gasteiger partial charge in [0.2, 0.25) is 5.91 Å². The minimum absolute atomic E-state index is 0.238. The van der Waals surface area contributed by atoms with Crippen LogP contribution in [-0.2, 0) is 23.7 Å². The third-order valence-corrected chi connectivity index (χ3v) is 23.4. The van der Waals surface area contributed by atoms with Crippen molar-refractivity contribution in [3.05, 3.63) is 24.3 Å². The molecule has 0 spiro atoms. The van der Waals surface area contributed by atoms with E-state index >= 15 is 0 Å². The zero-order valence-electron chi connectivity index (χ0n) is 70.2. The predicted molar refractivity (Wildman–Crippen MR) is 448 cm³/mol. The van der Waals surface area contributed by atoms with Gasteiger partial charge in [-0.05, 0) is 32.1 Å². The van der Waals surface area contributed by atoms with Crippen LogP contribution in [0.25, 0.3) is 0 Å². The maximum atomic E-state index is 13.4. The maximum absolute atomic E-state index is 13.4. The second-order valence-corrected chi connectivity index (χ2v) is 33.5. The second kappa shape index (κ2) is 77.1. The van der Waals surface area contributed by atoms with Gasteiger partial charge in [0.25, 0.3) is 0 Å². The fraction of sp³-hybridized carbons (Fsp3) is 0.946. The van der Waals surface area contributed by atoms with Crippen molar-refractivity contribution in [3.8, 4) is 0 Å². The molecule has 2 rings (SSSR count). The number of allylic oxidation sites excluding steroid dienone is 3. The molecule has 9 N–H and O–H groups in total. The van der Waals surface area contributed by atoms with Crippen molar-refractivity contribution >= 4 is 5.91 Å². The van der Waals surface area contributed by atoms with Crippen LogP contribution in [0.4, 0.5) is 0 Å². The molecule has 0 aromatic carbocycles. The van der Waals surface area contributed by atoms with E-state index in [9.17, 15) is 45.6 Å². The topological polar surface area (TPSA) is 228 Å².